The minimum absolute atomic E-state index is 0.182. The zero-order chi connectivity index (χ0) is 20.1. The maximum atomic E-state index is 13.2. The number of sulfonamides is 1. The minimum atomic E-state index is -3.91. The Balaban J connectivity index is 1.45. The van der Waals surface area contributed by atoms with Crippen molar-refractivity contribution in [2.75, 3.05) is 39.8 Å². The summed E-state index contributed by atoms with van der Waals surface area (Å²) in [7, 11) is -2.15. The van der Waals surface area contributed by atoms with Crippen molar-refractivity contribution >= 4 is 15.9 Å². The van der Waals surface area contributed by atoms with Crippen LogP contribution >= 0.6 is 0 Å². The molecule has 0 spiro atoms. The quantitative estimate of drug-likeness (QED) is 0.758. The van der Waals surface area contributed by atoms with Gasteiger partial charge in [0.15, 0.2) is 0 Å². The van der Waals surface area contributed by atoms with Crippen LogP contribution in [0.25, 0.3) is 0 Å². The molecule has 0 aromatic heterocycles. The maximum absolute atomic E-state index is 13.2. The van der Waals surface area contributed by atoms with Gasteiger partial charge >= 0.3 is 0 Å². The Bertz CT molecular complexity index is 773. The van der Waals surface area contributed by atoms with Crippen molar-refractivity contribution in [2.45, 2.75) is 42.7 Å². The van der Waals surface area contributed by atoms with E-state index in [0.29, 0.717) is 25.2 Å². The molecule has 0 aliphatic carbocycles. The van der Waals surface area contributed by atoms with E-state index in [1.165, 1.54) is 18.2 Å². The largest absolute Gasteiger partial charge is 0.381 e. The Hall–Kier alpha value is -1.55. The average molecular weight is 414 g/mol. The van der Waals surface area contributed by atoms with Crippen molar-refractivity contribution < 1.29 is 22.3 Å². The first kappa shape index (κ1) is 21.2. The van der Waals surface area contributed by atoms with Crippen LogP contribution in [0.5, 0.6) is 0 Å². The van der Waals surface area contributed by atoms with Gasteiger partial charge in [-0.3, -0.25) is 4.79 Å². The van der Waals surface area contributed by atoms with Crippen molar-refractivity contribution in [1.29, 1.82) is 0 Å². The highest BCUT2D eigenvalue weighted by Crippen LogP contribution is 2.22. The summed E-state index contributed by atoms with van der Waals surface area (Å²) in [5.74, 6) is -0.887. The van der Waals surface area contributed by atoms with Crippen molar-refractivity contribution in [2.24, 2.45) is 0 Å². The molecule has 0 radical (unpaired) electrons. The number of carbonyl (C=O) groups excluding carboxylic acids is 1. The number of nitrogens with zero attached hydrogens (tertiary/aromatic N) is 2. The zero-order valence-electron chi connectivity index (χ0n) is 16.1. The molecule has 2 aliphatic rings. The van der Waals surface area contributed by atoms with Gasteiger partial charge in [0.05, 0.1) is 17.5 Å². The predicted molar refractivity (Wildman–Crippen MR) is 103 cm³/mol. The van der Waals surface area contributed by atoms with E-state index in [1.807, 2.05) is 0 Å². The first-order valence-corrected chi connectivity index (χ1v) is 11.2. The topological polar surface area (TPSA) is 79.0 Å². The molecule has 0 atom stereocenters. The molecule has 7 nitrogen and oxygen atoms in total. The van der Waals surface area contributed by atoms with Gasteiger partial charge in [0.2, 0.25) is 15.9 Å². The number of amides is 1. The molecule has 1 aromatic carbocycles. The third-order valence-electron chi connectivity index (χ3n) is 5.66. The summed E-state index contributed by atoms with van der Waals surface area (Å²) < 4.78 is 45.4. The summed E-state index contributed by atoms with van der Waals surface area (Å²) in [4.78, 5) is 16.4. The number of hydrogen-bond acceptors (Lipinski definition) is 5. The van der Waals surface area contributed by atoms with Crippen LogP contribution in [-0.2, 0) is 19.6 Å². The highest BCUT2D eigenvalue weighted by molar-refractivity contribution is 7.89. The Morgan fingerprint density at radius 3 is 2.46 bits per heavy atom. The molecular formula is C19H28FN3O4S. The molecule has 28 heavy (non-hydrogen) atoms. The number of hydrogen-bond donors (Lipinski definition) is 1. The third-order valence-corrected chi connectivity index (χ3v) is 7.06. The van der Waals surface area contributed by atoms with E-state index < -0.39 is 15.8 Å². The van der Waals surface area contributed by atoms with E-state index in [2.05, 4.69) is 9.62 Å². The van der Waals surface area contributed by atoms with Crippen LogP contribution in [0.2, 0.25) is 0 Å². The van der Waals surface area contributed by atoms with Crippen LogP contribution in [0.4, 0.5) is 4.39 Å². The molecule has 1 aromatic rings. The van der Waals surface area contributed by atoms with Crippen LogP contribution in [0, 0.1) is 5.82 Å². The second-order valence-electron chi connectivity index (χ2n) is 7.36. The lowest BCUT2D eigenvalue weighted by atomic mass is 9.99. The summed E-state index contributed by atoms with van der Waals surface area (Å²) in [6.45, 7) is 2.96. The minimum Gasteiger partial charge on any atom is -0.381 e. The Morgan fingerprint density at radius 1 is 1.18 bits per heavy atom. The number of piperidine rings is 2. The Morgan fingerprint density at radius 2 is 1.86 bits per heavy atom. The van der Waals surface area contributed by atoms with Gasteiger partial charge in [-0.2, -0.15) is 0 Å². The van der Waals surface area contributed by atoms with Gasteiger partial charge in [0.25, 0.3) is 0 Å². The van der Waals surface area contributed by atoms with Crippen molar-refractivity contribution in [3.63, 3.8) is 0 Å². The summed E-state index contributed by atoms with van der Waals surface area (Å²) in [6, 6.07) is 5.20. The van der Waals surface area contributed by atoms with Crippen molar-refractivity contribution in [3.8, 4) is 0 Å². The van der Waals surface area contributed by atoms with E-state index in [9.17, 15) is 17.6 Å². The lowest BCUT2D eigenvalue weighted by Gasteiger charge is -2.41. The lowest BCUT2D eigenvalue weighted by molar-refractivity contribution is -0.131. The number of carbonyl (C=O) groups is 1. The standard InChI is InChI=1S/C19H28FN3O4S/c1-27-17-7-11-22(12-8-17)16-5-9-23(10-6-16)19(24)14-21-28(25,26)18-4-2-3-15(20)13-18/h2-4,13,16-17,21H,5-12,14H2,1H3. The van der Waals surface area contributed by atoms with E-state index in [4.69, 9.17) is 4.74 Å². The van der Waals surface area contributed by atoms with Gasteiger partial charge < -0.3 is 14.5 Å². The fourth-order valence-corrected chi connectivity index (χ4v) is 4.95. The molecule has 2 fully saturated rings. The predicted octanol–water partition coefficient (Wildman–Crippen LogP) is 1.21. The fourth-order valence-electron chi connectivity index (χ4n) is 3.94. The summed E-state index contributed by atoms with van der Waals surface area (Å²) in [5.41, 5.74) is 0. The van der Waals surface area contributed by atoms with E-state index >= 15 is 0 Å². The monoisotopic (exact) mass is 413 g/mol. The third kappa shape index (κ3) is 5.28. The highest BCUT2D eigenvalue weighted by atomic mass is 32.2. The van der Waals surface area contributed by atoms with Gasteiger partial charge in [-0.05, 0) is 43.9 Å². The molecule has 0 unspecified atom stereocenters. The van der Waals surface area contributed by atoms with Crippen LogP contribution in [0.1, 0.15) is 25.7 Å². The summed E-state index contributed by atoms with van der Waals surface area (Å²) in [5, 5.41) is 0. The number of methoxy groups -OCH3 is 1. The molecule has 1 N–H and O–H groups in total. The number of rotatable bonds is 6. The van der Waals surface area contributed by atoms with Crippen LogP contribution in [0.3, 0.4) is 0 Å². The average Bonchev–Trinajstić information content (AvgIpc) is 2.72. The zero-order valence-corrected chi connectivity index (χ0v) is 17.0. The molecule has 1 amide bonds. The fraction of sp³-hybridized carbons (Fsp3) is 0.632. The SMILES string of the molecule is COC1CCN(C2CCN(C(=O)CNS(=O)(=O)c3cccc(F)c3)CC2)CC1. The smallest absolute Gasteiger partial charge is 0.241 e. The van der Waals surface area contributed by atoms with E-state index in [-0.39, 0.29) is 17.3 Å². The number of ether oxygens (including phenoxy) is 1. The Kier molecular flexibility index (Phi) is 7.03. The van der Waals surface area contributed by atoms with Crippen molar-refractivity contribution in [3.05, 3.63) is 30.1 Å². The van der Waals surface area contributed by atoms with Crippen LogP contribution in [-0.4, -0.2) is 76.1 Å². The van der Waals surface area contributed by atoms with Gasteiger partial charge in [-0.15, -0.1) is 0 Å². The molecule has 9 heteroatoms. The molecular weight excluding hydrogens is 385 g/mol. The number of benzene rings is 1. The first-order valence-electron chi connectivity index (χ1n) is 9.69. The summed E-state index contributed by atoms with van der Waals surface area (Å²) in [6.07, 6.45) is 4.21. The molecule has 0 bridgehead atoms. The highest BCUT2D eigenvalue weighted by Gasteiger charge is 2.30. The van der Waals surface area contributed by atoms with Gasteiger partial charge in [-0.1, -0.05) is 6.07 Å². The van der Waals surface area contributed by atoms with Gasteiger partial charge in [-0.25, -0.2) is 17.5 Å². The molecule has 156 valence electrons. The molecule has 2 heterocycles. The van der Waals surface area contributed by atoms with Crippen LogP contribution < -0.4 is 4.72 Å². The Labute approximate surface area is 165 Å². The van der Waals surface area contributed by atoms with E-state index in [1.54, 1.807) is 12.0 Å². The number of likely N-dealkylation sites (tertiary alicyclic amines) is 2. The molecule has 2 saturated heterocycles. The van der Waals surface area contributed by atoms with Gasteiger partial charge in [0, 0.05) is 39.3 Å². The maximum Gasteiger partial charge on any atom is 0.241 e. The first-order chi connectivity index (χ1) is 13.4. The molecule has 2 aliphatic heterocycles. The number of halogens is 1. The van der Waals surface area contributed by atoms with E-state index in [0.717, 1.165) is 44.8 Å². The van der Waals surface area contributed by atoms with Crippen molar-refractivity contribution in [1.82, 2.24) is 14.5 Å². The summed E-state index contributed by atoms with van der Waals surface area (Å²) >= 11 is 0. The lowest BCUT2D eigenvalue weighted by Crippen LogP contribution is -2.51. The second-order valence-corrected chi connectivity index (χ2v) is 9.13. The van der Waals surface area contributed by atoms with Crippen LogP contribution in [0.15, 0.2) is 29.2 Å². The number of nitrogens with one attached hydrogen (secondary N) is 1. The molecule has 3 rings (SSSR count). The second kappa shape index (κ2) is 9.30. The normalized spacial score (nSPS) is 20.4. The molecule has 0 saturated carbocycles. The van der Waals surface area contributed by atoms with Gasteiger partial charge in [0.1, 0.15) is 5.82 Å².